The third-order valence-corrected chi connectivity index (χ3v) is 3.60. The first kappa shape index (κ1) is 12.6. The number of aliphatic hydroxyl groups is 1. The summed E-state index contributed by atoms with van der Waals surface area (Å²) >= 11 is 0. The second kappa shape index (κ2) is 4.80. The number of aromatic amines is 1. The zero-order valence-electron chi connectivity index (χ0n) is 10.6. The van der Waals surface area contributed by atoms with E-state index in [1.807, 2.05) is 12.4 Å². The van der Waals surface area contributed by atoms with Gasteiger partial charge in [-0.3, -0.25) is 0 Å². The first-order chi connectivity index (χ1) is 8.08. The van der Waals surface area contributed by atoms with E-state index in [1.165, 1.54) is 5.56 Å². The van der Waals surface area contributed by atoms with Gasteiger partial charge in [0.2, 0.25) is 0 Å². The van der Waals surface area contributed by atoms with Crippen LogP contribution in [0.5, 0.6) is 0 Å². The molecule has 0 bridgehead atoms. The molecule has 1 aromatic heterocycles. The van der Waals surface area contributed by atoms with E-state index in [1.54, 1.807) is 0 Å². The fourth-order valence-electron chi connectivity index (χ4n) is 2.13. The number of ether oxygens (including phenoxy) is 1. The fraction of sp³-hybridized carbons (Fsp3) is 0.692. The molecule has 1 aromatic rings. The number of nitrogens with one attached hydrogen (secondary N) is 2. The van der Waals surface area contributed by atoms with Crippen molar-refractivity contribution in [1.29, 1.82) is 0 Å². The molecule has 4 nitrogen and oxygen atoms in total. The second-order valence-corrected chi connectivity index (χ2v) is 5.74. The molecule has 96 valence electrons. The summed E-state index contributed by atoms with van der Waals surface area (Å²) in [4.78, 5) is 3.09. The molecule has 1 aliphatic heterocycles. The third-order valence-electron chi connectivity index (χ3n) is 3.60. The smallest absolute Gasteiger partial charge is 0.0579 e. The van der Waals surface area contributed by atoms with Gasteiger partial charge in [-0.15, -0.1) is 0 Å². The summed E-state index contributed by atoms with van der Waals surface area (Å²) in [6.45, 7) is 7.68. The van der Waals surface area contributed by atoms with Crippen LogP contribution in [-0.4, -0.2) is 43.0 Å². The van der Waals surface area contributed by atoms with Crippen LogP contribution in [0.4, 0.5) is 0 Å². The highest BCUT2D eigenvalue weighted by Gasteiger charge is 2.38. The Bertz CT molecular complexity index is 337. The Kier molecular flexibility index (Phi) is 3.56. The van der Waals surface area contributed by atoms with Crippen molar-refractivity contribution in [3.05, 3.63) is 24.0 Å². The van der Waals surface area contributed by atoms with Crippen LogP contribution in [0.3, 0.4) is 0 Å². The number of rotatable bonds is 6. The molecule has 2 rings (SSSR count). The van der Waals surface area contributed by atoms with Gasteiger partial charge in [-0.05, 0) is 11.6 Å². The third kappa shape index (κ3) is 2.70. The molecule has 0 aliphatic carbocycles. The summed E-state index contributed by atoms with van der Waals surface area (Å²) in [7, 11) is 0. The summed E-state index contributed by atoms with van der Waals surface area (Å²) in [5.41, 5.74) is 1.35. The minimum Gasteiger partial charge on any atom is -0.396 e. The Morgan fingerprint density at radius 2 is 2.29 bits per heavy atom. The minimum absolute atomic E-state index is 0.0474. The van der Waals surface area contributed by atoms with E-state index in [-0.39, 0.29) is 17.4 Å². The predicted molar refractivity (Wildman–Crippen MR) is 67.0 cm³/mol. The normalized spacial score (nSPS) is 19.0. The van der Waals surface area contributed by atoms with E-state index in [0.29, 0.717) is 13.2 Å². The van der Waals surface area contributed by atoms with Gasteiger partial charge in [0.1, 0.15) is 0 Å². The SMILES string of the molecule is CC(C)(CNCC1(CO)COC1)c1cc[nH]c1. The minimum atomic E-state index is -0.0474. The topological polar surface area (TPSA) is 57.3 Å². The highest BCUT2D eigenvalue weighted by molar-refractivity contribution is 5.20. The summed E-state index contributed by atoms with van der Waals surface area (Å²) in [6, 6.07) is 2.11. The summed E-state index contributed by atoms with van der Waals surface area (Å²) in [5, 5.41) is 12.8. The largest absolute Gasteiger partial charge is 0.396 e. The van der Waals surface area contributed by atoms with E-state index in [9.17, 15) is 5.11 Å². The lowest BCUT2D eigenvalue weighted by molar-refractivity contribution is -0.134. The van der Waals surface area contributed by atoms with E-state index in [0.717, 1.165) is 13.1 Å². The molecule has 3 N–H and O–H groups in total. The molecule has 1 fully saturated rings. The molecule has 0 radical (unpaired) electrons. The molecule has 4 heteroatoms. The molecular formula is C13H22N2O2. The molecule has 0 aromatic carbocycles. The van der Waals surface area contributed by atoms with E-state index >= 15 is 0 Å². The lowest BCUT2D eigenvalue weighted by Crippen LogP contribution is -2.53. The van der Waals surface area contributed by atoms with Crippen LogP contribution in [-0.2, 0) is 10.2 Å². The zero-order chi connectivity index (χ0) is 12.4. The number of aliphatic hydroxyl groups excluding tert-OH is 1. The van der Waals surface area contributed by atoms with Gasteiger partial charge in [0.25, 0.3) is 0 Å². The highest BCUT2D eigenvalue weighted by Crippen LogP contribution is 2.26. The van der Waals surface area contributed by atoms with Gasteiger partial charge in [-0.2, -0.15) is 0 Å². The Morgan fingerprint density at radius 3 is 2.76 bits per heavy atom. The molecule has 0 unspecified atom stereocenters. The number of hydrogen-bond donors (Lipinski definition) is 3. The van der Waals surface area contributed by atoms with Gasteiger partial charge in [0, 0.05) is 30.9 Å². The van der Waals surface area contributed by atoms with Gasteiger partial charge >= 0.3 is 0 Å². The summed E-state index contributed by atoms with van der Waals surface area (Å²) in [6.07, 6.45) is 3.99. The lowest BCUT2D eigenvalue weighted by atomic mass is 9.84. The Labute approximate surface area is 102 Å². The molecule has 0 spiro atoms. The van der Waals surface area contributed by atoms with E-state index in [2.05, 4.69) is 30.2 Å². The first-order valence-corrected chi connectivity index (χ1v) is 6.11. The van der Waals surface area contributed by atoms with Crippen molar-refractivity contribution in [2.75, 3.05) is 32.9 Å². The maximum Gasteiger partial charge on any atom is 0.0579 e. The van der Waals surface area contributed by atoms with Crippen molar-refractivity contribution in [2.24, 2.45) is 5.41 Å². The number of aromatic nitrogens is 1. The van der Waals surface area contributed by atoms with Gasteiger partial charge in [0.05, 0.1) is 25.2 Å². The Balaban J connectivity index is 1.82. The fourth-order valence-corrected chi connectivity index (χ4v) is 2.13. The number of H-pyrrole nitrogens is 1. The summed E-state index contributed by atoms with van der Waals surface area (Å²) in [5.74, 6) is 0. The van der Waals surface area contributed by atoms with Crippen molar-refractivity contribution in [3.8, 4) is 0 Å². The number of hydrogen-bond acceptors (Lipinski definition) is 3. The van der Waals surface area contributed by atoms with E-state index in [4.69, 9.17) is 4.74 Å². The van der Waals surface area contributed by atoms with Crippen molar-refractivity contribution < 1.29 is 9.84 Å². The average Bonchev–Trinajstić information content (AvgIpc) is 2.76. The predicted octanol–water partition coefficient (Wildman–Crippen LogP) is 0.891. The zero-order valence-corrected chi connectivity index (χ0v) is 10.6. The maximum atomic E-state index is 9.32. The van der Waals surface area contributed by atoms with Crippen LogP contribution in [0.2, 0.25) is 0 Å². The maximum absolute atomic E-state index is 9.32. The molecule has 0 atom stereocenters. The monoisotopic (exact) mass is 238 g/mol. The Hall–Kier alpha value is -0.840. The highest BCUT2D eigenvalue weighted by atomic mass is 16.5. The summed E-state index contributed by atoms with van der Waals surface area (Å²) < 4.78 is 5.18. The van der Waals surface area contributed by atoms with Crippen LogP contribution < -0.4 is 5.32 Å². The van der Waals surface area contributed by atoms with Crippen molar-refractivity contribution in [2.45, 2.75) is 19.3 Å². The van der Waals surface area contributed by atoms with Gasteiger partial charge in [-0.25, -0.2) is 0 Å². The molecular weight excluding hydrogens is 216 g/mol. The standard InChI is InChI=1S/C13H22N2O2/c1-12(2,11-3-4-14-5-11)6-15-7-13(8-16)9-17-10-13/h3-5,14-16H,6-10H2,1-2H3. The lowest BCUT2D eigenvalue weighted by Gasteiger charge is -2.40. The first-order valence-electron chi connectivity index (χ1n) is 6.11. The molecule has 17 heavy (non-hydrogen) atoms. The van der Waals surface area contributed by atoms with Crippen molar-refractivity contribution in [1.82, 2.24) is 10.3 Å². The van der Waals surface area contributed by atoms with Gasteiger partial charge in [0.15, 0.2) is 0 Å². The van der Waals surface area contributed by atoms with Crippen LogP contribution in [0, 0.1) is 5.41 Å². The van der Waals surface area contributed by atoms with Gasteiger partial charge in [-0.1, -0.05) is 13.8 Å². The van der Waals surface area contributed by atoms with Crippen molar-refractivity contribution >= 4 is 0 Å². The quantitative estimate of drug-likeness (QED) is 0.690. The average molecular weight is 238 g/mol. The van der Waals surface area contributed by atoms with Gasteiger partial charge < -0.3 is 20.1 Å². The molecule has 0 amide bonds. The van der Waals surface area contributed by atoms with Crippen LogP contribution >= 0.6 is 0 Å². The Morgan fingerprint density at radius 1 is 1.53 bits per heavy atom. The van der Waals surface area contributed by atoms with Crippen LogP contribution in [0.15, 0.2) is 18.5 Å². The molecule has 0 saturated carbocycles. The molecule has 2 heterocycles. The van der Waals surface area contributed by atoms with Crippen molar-refractivity contribution in [3.63, 3.8) is 0 Å². The van der Waals surface area contributed by atoms with E-state index < -0.39 is 0 Å². The molecule has 1 saturated heterocycles. The van der Waals surface area contributed by atoms with Crippen LogP contribution in [0.1, 0.15) is 19.4 Å². The van der Waals surface area contributed by atoms with Crippen LogP contribution in [0.25, 0.3) is 0 Å². The molecule has 1 aliphatic rings. The second-order valence-electron chi connectivity index (χ2n) is 5.74.